The Hall–Kier alpha value is -0.750. The van der Waals surface area contributed by atoms with Crippen LogP contribution in [0.4, 0.5) is 13.9 Å². The Labute approximate surface area is 113 Å². The van der Waals surface area contributed by atoms with Crippen molar-refractivity contribution in [3.63, 3.8) is 0 Å². The van der Waals surface area contributed by atoms with E-state index in [1.165, 1.54) is 11.3 Å². The van der Waals surface area contributed by atoms with Gasteiger partial charge >= 0.3 is 0 Å². The van der Waals surface area contributed by atoms with Crippen LogP contribution in [0, 0.1) is 12.8 Å². The Morgan fingerprint density at radius 1 is 1.67 bits per heavy atom. The molecule has 0 bridgehead atoms. The molecule has 1 N–H and O–H groups in total. The van der Waals surface area contributed by atoms with E-state index in [0.29, 0.717) is 21.6 Å². The molecule has 1 saturated carbocycles. The number of carbonyl (C=O) groups is 1. The Morgan fingerprint density at radius 3 is 2.89 bits per heavy atom. The van der Waals surface area contributed by atoms with Crippen molar-refractivity contribution in [1.29, 1.82) is 0 Å². The quantitative estimate of drug-likeness (QED) is 0.919. The molecule has 1 aromatic rings. The van der Waals surface area contributed by atoms with Gasteiger partial charge in [-0.25, -0.2) is 13.8 Å². The molecular formula is C11H13ClF2N2OS. The minimum atomic E-state index is -2.61. The summed E-state index contributed by atoms with van der Waals surface area (Å²) in [5, 5.41) is 3.02. The maximum absolute atomic E-state index is 13.0. The molecule has 1 heterocycles. The summed E-state index contributed by atoms with van der Waals surface area (Å²) in [7, 11) is 0. The molecule has 100 valence electrons. The number of hydrogen-bond donors (Lipinski definition) is 1. The molecule has 1 aliphatic carbocycles. The summed E-state index contributed by atoms with van der Waals surface area (Å²) in [6, 6.07) is 0. The van der Waals surface area contributed by atoms with E-state index in [1.54, 1.807) is 6.92 Å². The number of aromatic nitrogens is 1. The number of carbonyl (C=O) groups excluding carboxylic acids is 1. The molecule has 0 unspecified atom stereocenters. The number of alkyl halides is 2. The number of anilines is 1. The molecule has 0 spiro atoms. The number of halogens is 3. The van der Waals surface area contributed by atoms with Crippen LogP contribution in [0.1, 0.15) is 31.4 Å². The molecule has 1 aromatic heterocycles. The monoisotopic (exact) mass is 294 g/mol. The van der Waals surface area contributed by atoms with Crippen molar-refractivity contribution in [2.24, 2.45) is 5.92 Å². The molecule has 7 heteroatoms. The zero-order valence-electron chi connectivity index (χ0n) is 9.80. The van der Waals surface area contributed by atoms with Crippen LogP contribution in [0.25, 0.3) is 0 Å². The average Bonchev–Trinajstić information content (AvgIpc) is 2.71. The SMILES string of the molecule is Cc1nc(NC(=O)C[C@H]2CCC(F)(F)C2)sc1Cl. The molecule has 0 radical (unpaired) electrons. The predicted molar refractivity (Wildman–Crippen MR) is 67.4 cm³/mol. The number of amides is 1. The van der Waals surface area contributed by atoms with Crippen LogP contribution in [-0.4, -0.2) is 16.8 Å². The summed E-state index contributed by atoms with van der Waals surface area (Å²) in [5.41, 5.74) is 0.657. The van der Waals surface area contributed by atoms with E-state index in [9.17, 15) is 13.6 Å². The van der Waals surface area contributed by atoms with Crippen LogP contribution in [-0.2, 0) is 4.79 Å². The first-order valence-corrected chi connectivity index (χ1v) is 6.86. The van der Waals surface area contributed by atoms with Gasteiger partial charge in [0.2, 0.25) is 11.8 Å². The molecule has 1 fully saturated rings. The highest BCUT2D eigenvalue weighted by molar-refractivity contribution is 7.19. The van der Waals surface area contributed by atoms with Gasteiger partial charge in [0.15, 0.2) is 5.13 Å². The summed E-state index contributed by atoms with van der Waals surface area (Å²) >= 11 is 7.00. The molecule has 1 atom stereocenters. The number of thiazole rings is 1. The average molecular weight is 295 g/mol. The molecule has 1 amide bonds. The van der Waals surface area contributed by atoms with Gasteiger partial charge < -0.3 is 5.32 Å². The maximum atomic E-state index is 13.0. The van der Waals surface area contributed by atoms with Gasteiger partial charge in [0, 0.05) is 19.3 Å². The Morgan fingerprint density at radius 2 is 2.39 bits per heavy atom. The molecule has 18 heavy (non-hydrogen) atoms. The fourth-order valence-corrected chi connectivity index (χ4v) is 3.05. The van der Waals surface area contributed by atoms with Gasteiger partial charge in [-0.3, -0.25) is 4.79 Å². The lowest BCUT2D eigenvalue weighted by Crippen LogP contribution is -2.16. The van der Waals surface area contributed by atoms with E-state index in [4.69, 9.17) is 11.6 Å². The van der Waals surface area contributed by atoms with Gasteiger partial charge in [-0.15, -0.1) is 0 Å². The lowest BCUT2D eigenvalue weighted by Gasteiger charge is -2.09. The van der Waals surface area contributed by atoms with Crippen LogP contribution in [0.15, 0.2) is 0 Å². The van der Waals surface area contributed by atoms with Crippen LogP contribution in [0.2, 0.25) is 4.34 Å². The standard InChI is InChI=1S/C11H13ClF2N2OS/c1-6-9(12)18-10(15-6)16-8(17)4-7-2-3-11(13,14)5-7/h7H,2-5H2,1H3,(H,15,16,17)/t7-/m1/s1. The minimum absolute atomic E-state index is 0.117. The van der Waals surface area contributed by atoms with Gasteiger partial charge in [0.25, 0.3) is 0 Å². The van der Waals surface area contributed by atoms with Crippen LogP contribution < -0.4 is 5.32 Å². The fourth-order valence-electron chi connectivity index (χ4n) is 2.08. The Bertz CT molecular complexity index is 444. The highest BCUT2D eigenvalue weighted by Gasteiger charge is 2.39. The maximum Gasteiger partial charge on any atom is 0.248 e. The van der Waals surface area contributed by atoms with Crippen molar-refractivity contribution in [3.8, 4) is 0 Å². The van der Waals surface area contributed by atoms with E-state index in [1.807, 2.05) is 0 Å². The third kappa shape index (κ3) is 3.38. The second kappa shape index (κ2) is 5.09. The Balaban J connectivity index is 1.86. The lowest BCUT2D eigenvalue weighted by molar-refractivity contribution is -0.117. The molecule has 0 aromatic carbocycles. The van der Waals surface area contributed by atoms with Crippen molar-refractivity contribution >= 4 is 34.0 Å². The second-order valence-electron chi connectivity index (χ2n) is 4.60. The summed E-state index contributed by atoms with van der Waals surface area (Å²) in [4.78, 5) is 15.7. The van der Waals surface area contributed by atoms with Crippen LogP contribution in [0.5, 0.6) is 0 Å². The number of rotatable bonds is 3. The summed E-state index contributed by atoms with van der Waals surface area (Å²) < 4.78 is 26.5. The van der Waals surface area contributed by atoms with Crippen molar-refractivity contribution < 1.29 is 13.6 Å². The summed E-state index contributed by atoms with van der Waals surface area (Å²) in [6.45, 7) is 1.74. The highest BCUT2D eigenvalue weighted by atomic mass is 35.5. The van der Waals surface area contributed by atoms with Gasteiger partial charge in [0.05, 0.1) is 5.69 Å². The zero-order valence-corrected chi connectivity index (χ0v) is 11.4. The number of nitrogens with zero attached hydrogens (tertiary/aromatic N) is 1. The van der Waals surface area contributed by atoms with E-state index >= 15 is 0 Å². The minimum Gasteiger partial charge on any atom is -0.302 e. The first-order valence-electron chi connectivity index (χ1n) is 5.66. The second-order valence-corrected chi connectivity index (χ2v) is 6.20. The van der Waals surface area contributed by atoms with Gasteiger partial charge in [-0.2, -0.15) is 0 Å². The summed E-state index contributed by atoms with van der Waals surface area (Å²) in [5.74, 6) is -3.12. The topological polar surface area (TPSA) is 42.0 Å². The van der Waals surface area contributed by atoms with Crippen molar-refractivity contribution in [3.05, 3.63) is 10.0 Å². The summed E-state index contributed by atoms with van der Waals surface area (Å²) in [6.07, 6.45) is 0.203. The lowest BCUT2D eigenvalue weighted by atomic mass is 10.0. The highest BCUT2D eigenvalue weighted by Crippen LogP contribution is 2.40. The predicted octanol–water partition coefficient (Wildman–Crippen LogP) is 3.87. The van der Waals surface area contributed by atoms with Crippen LogP contribution >= 0.6 is 22.9 Å². The molecular weight excluding hydrogens is 282 g/mol. The molecule has 3 nitrogen and oxygen atoms in total. The first-order chi connectivity index (χ1) is 8.35. The number of nitrogens with one attached hydrogen (secondary N) is 1. The third-order valence-corrected chi connectivity index (χ3v) is 4.33. The largest absolute Gasteiger partial charge is 0.302 e. The number of hydrogen-bond acceptors (Lipinski definition) is 3. The van der Waals surface area contributed by atoms with E-state index in [-0.39, 0.29) is 31.1 Å². The van der Waals surface area contributed by atoms with Gasteiger partial charge in [0.1, 0.15) is 4.34 Å². The Kier molecular flexibility index (Phi) is 3.87. The molecule has 2 rings (SSSR count). The van der Waals surface area contributed by atoms with Crippen molar-refractivity contribution in [2.75, 3.05) is 5.32 Å². The van der Waals surface area contributed by atoms with Crippen molar-refractivity contribution in [2.45, 2.75) is 38.5 Å². The number of aryl methyl sites for hydroxylation is 1. The fraction of sp³-hybridized carbons (Fsp3) is 0.636. The van der Waals surface area contributed by atoms with Crippen molar-refractivity contribution in [1.82, 2.24) is 4.98 Å². The molecule has 0 saturated heterocycles. The van der Waals surface area contributed by atoms with E-state index in [2.05, 4.69) is 10.3 Å². The van der Waals surface area contributed by atoms with E-state index < -0.39 is 5.92 Å². The molecule has 1 aliphatic rings. The third-order valence-electron chi connectivity index (χ3n) is 2.97. The van der Waals surface area contributed by atoms with Gasteiger partial charge in [-0.1, -0.05) is 22.9 Å². The smallest absolute Gasteiger partial charge is 0.248 e. The molecule has 0 aliphatic heterocycles. The van der Waals surface area contributed by atoms with E-state index in [0.717, 1.165) is 0 Å². The van der Waals surface area contributed by atoms with Crippen LogP contribution in [0.3, 0.4) is 0 Å². The van der Waals surface area contributed by atoms with Gasteiger partial charge in [-0.05, 0) is 19.3 Å². The first kappa shape index (κ1) is 13.7. The zero-order chi connectivity index (χ0) is 13.3. The normalized spacial score (nSPS) is 22.1.